The van der Waals surface area contributed by atoms with Gasteiger partial charge < -0.3 is 14.2 Å². The zero-order chi connectivity index (χ0) is 44.9. The number of ether oxygens (including phenoxy) is 3. The molecule has 0 fully saturated rings. The zero-order valence-electron chi connectivity index (χ0n) is 41.9. The Morgan fingerprint density at radius 2 is 0.710 bits per heavy atom. The van der Waals surface area contributed by atoms with E-state index in [4.69, 9.17) is 14.2 Å². The summed E-state index contributed by atoms with van der Waals surface area (Å²) in [7, 11) is 0. The quantitative estimate of drug-likeness (QED) is 0.0346. The van der Waals surface area contributed by atoms with Crippen molar-refractivity contribution in [3.8, 4) is 0 Å². The van der Waals surface area contributed by atoms with Crippen molar-refractivity contribution in [1.82, 2.24) is 0 Å². The molecule has 1 unspecified atom stereocenters. The van der Waals surface area contributed by atoms with Gasteiger partial charge in [0.2, 0.25) is 0 Å². The standard InChI is InChI=1S/C57H106O5/c1-4-7-10-13-16-19-22-25-27-28-29-30-31-33-35-38-41-44-47-50-56(58)61-54-55(53-60-52-49-46-43-40-37-34-26-23-20-17-14-11-8-5-2)62-57(59)51-48-45-42-39-36-32-24-21-18-15-12-9-6-3/h12,15,21,24-25,27,55H,4-11,13-14,16-20,22-23,26,28-54H2,1-3H3/b15-12-,24-21-,27-25-. The number of hydrogen-bond donors (Lipinski definition) is 0. The molecule has 0 N–H and O–H groups in total. The van der Waals surface area contributed by atoms with Crippen LogP contribution in [-0.2, 0) is 23.8 Å². The number of carbonyl (C=O) groups excluding carboxylic acids is 2. The summed E-state index contributed by atoms with van der Waals surface area (Å²) >= 11 is 0. The molecule has 364 valence electrons. The van der Waals surface area contributed by atoms with Crippen molar-refractivity contribution in [2.24, 2.45) is 0 Å². The molecule has 0 bridgehead atoms. The molecule has 62 heavy (non-hydrogen) atoms. The number of hydrogen-bond acceptors (Lipinski definition) is 5. The summed E-state index contributed by atoms with van der Waals surface area (Å²) in [5.74, 6) is -0.400. The van der Waals surface area contributed by atoms with Crippen LogP contribution in [0.3, 0.4) is 0 Å². The molecular formula is C57H106O5. The Bertz CT molecular complexity index is 986. The molecule has 5 nitrogen and oxygen atoms in total. The van der Waals surface area contributed by atoms with Crippen molar-refractivity contribution in [2.45, 2.75) is 297 Å². The van der Waals surface area contributed by atoms with Crippen molar-refractivity contribution >= 4 is 11.9 Å². The van der Waals surface area contributed by atoms with Crippen LogP contribution in [0.1, 0.15) is 290 Å². The van der Waals surface area contributed by atoms with E-state index in [9.17, 15) is 9.59 Å². The maximum atomic E-state index is 12.8. The molecule has 0 aromatic rings. The molecule has 0 aliphatic rings. The number of rotatable bonds is 51. The smallest absolute Gasteiger partial charge is 0.306 e. The first kappa shape index (κ1) is 60.1. The van der Waals surface area contributed by atoms with E-state index in [0.29, 0.717) is 19.4 Å². The Morgan fingerprint density at radius 3 is 1.15 bits per heavy atom. The van der Waals surface area contributed by atoms with E-state index in [1.165, 1.54) is 205 Å². The van der Waals surface area contributed by atoms with Crippen molar-refractivity contribution in [3.63, 3.8) is 0 Å². The molecule has 0 aliphatic carbocycles. The predicted octanol–water partition coefficient (Wildman–Crippen LogP) is 18.6. The third-order valence-electron chi connectivity index (χ3n) is 12.1. The molecule has 0 aromatic carbocycles. The molecule has 0 radical (unpaired) electrons. The lowest BCUT2D eigenvalue weighted by Gasteiger charge is -2.18. The Labute approximate surface area is 387 Å². The van der Waals surface area contributed by atoms with E-state index in [1.54, 1.807) is 0 Å². The first-order valence-electron chi connectivity index (χ1n) is 27.5. The van der Waals surface area contributed by atoms with E-state index in [0.717, 1.165) is 51.4 Å². The molecule has 0 saturated heterocycles. The van der Waals surface area contributed by atoms with Gasteiger partial charge in [-0.2, -0.15) is 0 Å². The van der Waals surface area contributed by atoms with Gasteiger partial charge in [-0.05, 0) is 70.6 Å². The average molecular weight is 871 g/mol. The highest BCUT2D eigenvalue weighted by Gasteiger charge is 2.17. The van der Waals surface area contributed by atoms with Crippen molar-refractivity contribution in [3.05, 3.63) is 36.5 Å². The van der Waals surface area contributed by atoms with Crippen LogP contribution in [0.25, 0.3) is 0 Å². The Morgan fingerprint density at radius 1 is 0.355 bits per heavy atom. The van der Waals surface area contributed by atoms with Crippen LogP contribution in [0, 0.1) is 0 Å². The number of esters is 2. The third-order valence-corrected chi connectivity index (χ3v) is 12.1. The fourth-order valence-electron chi connectivity index (χ4n) is 8.01. The molecule has 0 aromatic heterocycles. The highest BCUT2D eigenvalue weighted by atomic mass is 16.6. The van der Waals surface area contributed by atoms with Crippen LogP contribution < -0.4 is 0 Å². The lowest BCUT2D eigenvalue weighted by atomic mass is 10.0. The first-order chi connectivity index (χ1) is 30.6. The fraction of sp³-hybridized carbons (Fsp3) is 0.860. The van der Waals surface area contributed by atoms with Gasteiger partial charge in [-0.25, -0.2) is 0 Å². The van der Waals surface area contributed by atoms with Gasteiger partial charge in [0.25, 0.3) is 0 Å². The lowest BCUT2D eigenvalue weighted by molar-refractivity contribution is -0.163. The van der Waals surface area contributed by atoms with Gasteiger partial charge in [-0.1, -0.05) is 243 Å². The monoisotopic (exact) mass is 871 g/mol. The summed E-state index contributed by atoms with van der Waals surface area (Å²) in [6.07, 6.45) is 64.4. The summed E-state index contributed by atoms with van der Waals surface area (Å²) in [5, 5.41) is 0. The molecule has 0 rings (SSSR count). The van der Waals surface area contributed by atoms with Gasteiger partial charge in [0.05, 0.1) is 6.61 Å². The second-order valence-electron chi connectivity index (χ2n) is 18.5. The summed E-state index contributed by atoms with van der Waals surface area (Å²) in [5.41, 5.74) is 0. The topological polar surface area (TPSA) is 61.8 Å². The van der Waals surface area contributed by atoms with Gasteiger partial charge in [0.15, 0.2) is 6.10 Å². The van der Waals surface area contributed by atoms with Crippen LogP contribution in [0.15, 0.2) is 36.5 Å². The second kappa shape index (κ2) is 53.5. The van der Waals surface area contributed by atoms with Crippen LogP contribution in [0.4, 0.5) is 0 Å². The minimum Gasteiger partial charge on any atom is -0.462 e. The highest BCUT2D eigenvalue weighted by molar-refractivity contribution is 5.70. The Balaban J connectivity index is 4.21. The van der Waals surface area contributed by atoms with E-state index in [-0.39, 0.29) is 25.2 Å². The fourth-order valence-corrected chi connectivity index (χ4v) is 8.01. The molecule has 0 saturated carbocycles. The lowest BCUT2D eigenvalue weighted by Crippen LogP contribution is -2.30. The van der Waals surface area contributed by atoms with Gasteiger partial charge in [-0.15, -0.1) is 0 Å². The summed E-state index contributed by atoms with van der Waals surface area (Å²) < 4.78 is 17.4. The molecule has 1 atom stereocenters. The van der Waals surface area contributed by atoms with Gasteiger partial charge >= 0.3 is 11.9 Å². The largest absolute Gasteiger partial charge is 0.462 e. The summed E-state index contributed by atoms with van der Waals surface area (Å²) in [6.45, 7) is 7.80. The third kappa shape index (κ3) is 50.8. The van der Waals surface area contributed by atoms with Gasteiger partial charge in [-0.3, -0.25) is 9.59 Å². The van der Waals surface area contributed by atoms with Crippen LogP contribution >= 0.6 is 0 Å². The first-order valence-corrected chi connectivity index (χ1v) is 27.5. The van der Waals surface area contributed by atoms with Gasteiger partial charge in [0, 0.05) is 19.4 Å². The van der Waals surface area contributed by atoms with Crippen LogP contribution in [0.5, 0.6) is 0 Å². The van der Waals surface area contributed by atoms with E-state index in [2.05, 4.69) is 57.2 Å². The number of allylic oxidation sites excluding steroid dienone is 6. The summed E-state index contributed by atoms with van der Waals surface area (Å²) in [4.78, 5) is 25.4. The predicted molar refractivity (Wildman–Crippen MR) is 270 cm³/mol. The van der Waals surface area contributed by atoms with Crippen LogP contribution in [-0.4, -0.2) is 37.9 Å². The van der Waals surface area contributed by atoms with Crippen molar-refractivity contribution < 1.29 is 23.8 Å². The summed E-state index contributed by atoms with van der Waals surface area (Å²) in [6, 6.07) is 0. The van der Waals surface area contributed by atoms with Crippen LogP contribution in [0.2, 0.25) is 0 Å². The SMILES string of the molecule is CCC/C=C\C/C=C\CCCCCCCC(=O)OC(COCCCCCCCCCCCCCCCC)COC(=O)CCCCCCCCCCC/C=C\CCCCCCCC. The molecule has 0 spiro atoms. The van der Waals surface area contributed by atoms with Crippen molar-refractivity contribution in [1.29, 1.82) is 0 Å². The molecule has 5 heteroatoms. The molecule has 0 aliphatic heterocycles. The zero-order valence-corrected chi connectivity index (χ0v) is 41.9. The molecule has 0 heterocycles. The minimum atomic E-state index is -0.539. The normalized spacial score (nSPS) is 12.4. The molecule has 0 amide bonds. The number of unbranched alkanes of at least 4 members (excludes halogenated alkanes) is 34. The number of carbonyl (C=O) groups is 2. The molecular weight excluding hydrogens is 765 g/mol. The van der Waals surface area contributed by atoms with E-state index < -0.39 is 6.10 Å². The minimum absolute atomic E-state index is 0.0835. The Kier molecular flexibility index (Phi) is 51.8. The second-order valence-corrected chi connectivity index (χ2v) is 18.5. The maximum Gasteiger partial charge on any atom is 0.306 e. The van der Waals surface area contributed by atoms with Gasteiger partial charge in [0.1, 0.15) is 6.61 Å². The average Bonchev–Trinajstić information content (AvgIpc) is 3.27. The van der Waals surface area contributed by atoms with E-state index >= 15 is 0 Å². The maximum absolute atomic E-state index is 12.8. The van der Waals surface area contributed by atoms with Crippen molar-refractivity contribution in [2.75, 3.05) is 19.8 Å². The van der Waals surface area contributed by atoms with E-state index in [1.807, 2.05) is 0 Å². The highest BCUT2D eigenvalue weighted by Crippen LogP contribution is 2.16. The Hall–Kier alpha value is -1.88.